The van der Waals surface area contributed by atoms with E-state index in [2.05, 4.69) is 0 Å². The van der Waals surface area contributed by atoms with Gasteiger partial charge in [0.2, 0.25) is 0 Å². The second-order valence-electron chi connectivity index (χ2n) is 6.36. The summed E-state index contributed by atoms with van der Waals surface area (Å²) < 4.78 is 22.0. The van der Waals surface area contributed by atoms with E-state index in [-0.39, 0.29) is 12.0 Å². The molecule has 1 fully saturated rings. The van der Waals surface area contributed by atoms with Gasteiger partial charge in [0.15, 0.2) is 0 Å². The number of hydrogen-bond acceptors (Lipinski definition) is 5. The molecule has 6 nitrogen and oxygen atoms in total. The van der Waals surface area contributed by atoms with E-state index in [4.69, 9.17) is 18.9 Å². The summed E-state index contributed by atoms with van der Waals surface area (Å²) in [5.41, 5.74) is 1.51. The van der Waals surface area contributed by atoms with Crippen molar-refractivity contribution in [1.29, 1.82) is 0 Å². The molecule has 0 saturated carbocycles. The topological polar surface area (TPSA) is 57.2 Å². The van der Waals surface area contributed by atoms with Crippen LogP contribution in [0.5, 0.6) is 17.2 Å². The van der Waals surface area contributed by atoms with Crippen LogP contribution in [-0.4, -0.2) is 57.4 Å². The van der Waals surface area contributed by atoms with Crippen molar-refractivity contribution in [2.75, 3.05) is 40.5 Å². The molecule has 2 aromatic carbocycles. The van der Waals surface area contributed by atoms with E-state index >= 15 is 0 Å². The van der Waals surface area contributed by atoms with Crippen molar-refractivity contribution in [2.24, 2.45) is 0 Å². The molecule has 0 aromatic heterocycles. The Bertz CT molecular complexity index is 775. The fraction of sp³-hybridized carbons (Fsp3) is 0.381. The maximum atomic E-state index is 12.9. The molecule has 1 saturated heterocycles. The molecule has 0 aliphatic carbocycles. The maximum Gasteiger partial charge on any atom is 0.254 e. The van der Waals surface area contributed by atoms with Gasteiger partial charge in [-0.2, -0.15) is 0 Å². The highest BCUT2D eigenvalue weighted by Gasteiger charge is 2.27. The Labute approximate surface area is 159 Å². The van der Waals surface area contributed by atoms with Crippen LogP contribution in [0.25, 0.3) is 0 Å². The lowest BCUT2D eigenvalue weighted by Crippen LogP contribution is -2.47. The van der Waals surface area contributed by atoms with Gasteiger partial charge in [-0.15, -0.1) is 0 Å². The molecule has 0 N–H and O–H groups in total. The third-order valence-corrected chi connectivity index (χ3v) is 4.66. The Kier molecular flexibility index (Phi) is 6.19. The molecular weight excluding hydrogens is 346 g/mol. The minimum absolute atomic E-state index is 0.0100. The molecule has 1 unspecified atom stereocenters. The second-order valence-corrected chi connectivity index (χ2v) is 6.36. The van der Waals surface area contributed by atoms with Gasteiger partial charge < -0.3 is 23.8 Å². The Balaban J connectivity index is 1.61. The summed E-state index contributed by atoms with van der Waals surface area (Å²) in [5, 5.41) is 0. The van der Waals surface area contributed by atoms with Gasteiger partial charge in [-0.05, 0) is 43.3 Å². The van der Waals surface area contributed by atoms with Crippen LogP contribution >= 0.6 is 0 Å². The van der Waals surface area contributed by atoms with Crippen molar-refractivity contribution in [2.45, 2.75) is 13.0 Å². The first kappa shape index (κ1) is 19.0. The molecule has 0 radical (unpaired) electrons. The average molecular weight is 371 g/mol. The van der Waals surface area contributed by atoms with Gasteiger partial charge in [0.25, 0.3) is 5.91 Å². The molecule has 0 spiro atoms. The number of hydrogen-bond donors (Lipinski definition) is 0. The first-order chi connectivity index (χ1) is 13.1. The first-order valence-electron chi connectivity index (χ1n) is 8.93. The quantitative estimate of drug-likeness (QED) is 0.781. The largest absolute Gasteiger partial charge is 0.497 e. The summed E-state index contributed by atoms with van der Waals surface area (Å²) >= 11 is 0. The standard InChI is InChI=1S/C21H25NO5/c1-15-19(5-4-6-20(15)25-3)21(23)22-11-12-26-18(13-22)14-27-17-9-7-16(24-2)8-10-17/h4-10,18H,11-14H2,1-3H3. The zero-order valence-corrected chi connectivity index (χ0v) is 15.9. The molecule has 0 bridgehead atoms. The van der Waals surface area contributed by atoms with Crippen LogP contribution in [0.15, 0.2) is 42.5 Å². The number of benzene rings is 2. The van der Waals surface area contributed by atoms with E-state index in [1.807, 2.05) is 54.3 Å². The number of rotatable bonds is 6. The minimum Gasteiger partial charge on any atom is -0.497 e. The van der Waals surface area contributed by atoms with E-state index in [1.54, 1.807) is 14.2 Å². The van der Waals surface area contributed by atoms with Crippen molar-refractivity contribution in [3.05, 3.63) is 53.6 Å². The van der Waals surface area contributed by atoms with Gasteiger partial charge in [-0.25, -0.2) is 0 Å². The highest BCUT2D eigenvalue weighted by atomic mass is 16.5. The molecule has 3 rings (SSSR count). The lowest BCUT2D eigenvalue weighted by molar-refractivity contribution is -0.0401. The molecule has 1 heterocycles. The smallest absolute Gasteiger partial charge is 0.254 e. The monoisotopic (exact) mass is 371 g/mol. The Morgan fingerprint density at radius 1 is 1.11 bits per heavy atom. The molecular formula is C21H25NO5. The summed E-state index contributed by atoms with van der Waals surface area (Å²) in [6.45, 7) is 3.83. The Hall–Kier alpha value is -2.73. The Morgan fingerprint density at radius 2 is 1.85 bits per heavy atom. The van der Waals surface area contributed by atoms with Crippen molar-refractivity contribution in [1.82, 2.24) is 4.90 Å². The predicted octanol–water partition coefficient (Wildman–Crippen LogP) is 2.93. The molecule has 2 aromatic rings. The van der Waals surface area contributed by atoms with Gasteiger partial charge in [0, 0.05) is 17.7 Å². The number of carbonyl (C=O) groups is 1. The van der Waals surface area contributed by atoms with E-state index in [0.717, 1.165) is 17.1 Å². The van der Waals surface area contributed by atoms with Crippen LogP contribution in [0, 0.1) is 6.92 Å². The molecule has 144 valence electrons. The number of amides is 1. The molecule has 27 heavy (non-hydrogen) atoms. The lowest BCUT2D eigenvalue weighted by Gasteiger charge is -2.33. The lowest BCUT2D eigenvalue weighted by atomic mass is 10.1. The summed E-state index contributed by atoms with van der Waals surface area (Å²) in [6, 6.07) is 12.9. The SMILES string of the molecule is COc1ccc(OCC2CN(C(=O)c3cccc(OC)c3C)CCO2)cc1. The van der Waals surface area contributed by atoms with Crippen molar-refractivity contribution < 1.29 is 23.7 Å². The number of carbonyl (C=O) groups excluding carboxylic acids is 1. The zero-order valence-electron chi connectivity index (χ0n) is 15.9. The molecule has 1 amide bonds. The van der Waals surface area contributed by atoms with Crippen LogP contribution in [0.2, 0.25) is 0 Å². The number of methoxy groups -OCH3 is 2. The molecule has 1 atom stereocenters. The van der Waals surface area contributed by atoms with Gasteiger partial charge in [0.1, 0.15) is 30.0 Å². The maximum absolute atomic E-state index is 12.9. The van der Waals surface area contributed by atoms with E-state index < -0.39 is 0 Å². The number of morpholine rings is 1. The van der Waals surface area contributed by atoms with Gasteiger partial charge in [-0.1, -0.05) is 6.07 Å². The second kappa shape index (κ2) is 8.77. The molecule has 6 heteroatoms. The van der Waals surface area contributed by atoms with Gasteiger partial charge >= 0.3 is 0 Å². The average Bonchev–Trinajstić information content (AvgIpc) is 2.72. The van der Waals surface area contributed by atoms with Crippen LogP contribution < -0.4 is 14.2 Å². The van der Waals surface area contributed by atoms with Crippen LogP contribution in [0.4, 0.5) is 0 Å². The normalized spacial score (nSPS) is 16.7. The van der Waals surface area contributed by atoms with Crippen LogP contribution in [-0.2, 0) is 4.74 Å². The van der Waals surface area contributed by atoms with Gasteiger partial charge in [-0.3, -0.25) is 4.79 Å². The van der Waals surface area contributed by atoms with Crippen molar-refractivity contribution >= 4 is 5.91 Å². The highest BCUT2D eigenvalue weighted by Crippen LogP contribution is 2.23. The first-order valence-corrected chi connectivity index (χ1v) is 8.93. The fourth-order valence-electron chi connectivity index (χ4n) is 3.10. The van der Waals surface area contributed by atoms with Crippen molar-refractivity contribution in [3.63, 3.8) is 0 Å². The predicted molar refractivity (Wildman–Crippen MR) is 102 cm³/mol. The molecule has 1 aliphatic heterocycles. The fourth-order valence-corrected chi connectivity index (χ4v) is 3.10. The molecule has 1 aliphatic rings. The van der Waals surface area contributed by atoms with Crippen molar-refractivity contribution in [3.8, 4) is 17.2 Å². The Morgan fingerprint density at radius 3 is 2.56 bits per heavy atom. The van der Waals surface area contributed by atoms with Crippen LogP contribution in [0.3, 0.4) is 0 Å². The highest BCUT2D eigenvalue weighted by molar-refractivity contribution is 5.96. The summed E-state index contributed by atoms with van der Waals surface area (Å²) in [7, 11) is 3.24. The van der Waals surface area contributed by atoms with E-state index in [9.17, 15) is 4.79 Å². The number of ether oxygens (including phenoxy) is 4. The van der Waals surface area contributed by atoms with E-state index in [0.29, 0.717) is 37.6 Å². The van der Waals surface area contributed by atoms with Gasteiger partial charge in [0.05, 0.1) is 27.4 Å². The summed E-state index contributed by atoms with van der Waals surface area (Å²) in [5.74, 6) is 2.23. The minimum atomic E-state index is -0.171. The summed E-state index contributed by atoms with van der Waals surface area (Å²) in [4.78, 5) is 14.8. The van der Waals surface area contributed by atoms with Crippen LogP contribution in [0.1, 0.15) is 15.9 Å². The zero-order chi connectivity index (χ0) is 19.2. The van der Waals surface area contributed by atoms with E-state index in [1.165, 1.54) is 0 Å². The summed E-state index contributed by atoms with van der Waals surface area (Å²) in [6.07, 6.45) is -0.171. The third kappa shape index (κ3) is 4.52. The number of nitrogens with zero attached hydrogens (tertiary/aromatic N) is 1. The third-order valence-electron chi connectivity index (χ3n) is 4.66.